The minimum atomic E-state index is 0.196. The minimum absolute atomic E-state index is 0.196. The van der Waals surface area contributed by atoms with Crippen LogP contribution >= 0.6 is 11.6 Å². The lowest BCUT2D eigenvalue weighted by Crippen LogP contribution is -2.17. The molecule has 0 fully saturated rings. The molecule has 1 aromatic rings. The Bertz CT molecular complexity index is 357. The molecule has 0 saturated heterocycles. The average molecular weight is 210 g/mol. The zero-order valence-electron chi connectivity index (χ0n) is 8.89. The van der Waals surface area contributed by atoms with Gasteiger partial charge in [-0.3, -0.25) is 0 Å². The summed E-state index contributed by atoms with van der Waals surface area (Å²) < 4.78 is 0. The lowest BCUT2D eigenvalue weighted by Gasteiger charge is -2.20. The van der Waals surface area contributed by atoms with E-state index in [4.69, 9.17) is 11.6 Å². The summed E-state index contributed by atoms with van der Waals surface area (Å²) >= 11 is 6.25. The maximum Gasteiger partial charge on any atom is 0.0446 e. The standard InChI is InChI=1S/C12H16ClN/c1-12(2)7-10(14-3)8-5-4-6-9(13)11(8)12/h4-6,10,14H,7H2,1-3H3. The van der Waals surface area contributed by atoms with Gasteiger partial charge in [0.15, 0.2) is 0 Å². The highest BCUT2D eigenvalue weighted by molar-refractivity contribution is 6.31. The van der Waals surface area contributed by atoms with Gasteiger partial charge in [-0.15, -0.1) is 0 Å². The number of hydrogen-bond donors (Lipinski definition) is 1. The third-order valence-corrected chi connectivity index (χ3v) is 3.48. The quantitative estimate of drug-likeness (QED) is 0.749. The van der Waals surface area contributed by atoms with Gasteiger partial charge < -0.3 is 5.32 Å². The Balaban J connectivity index is 2.59. The Labute approximate surface area is 90.5 Å². The maximum atomic E-state index is 6.25. The Morgan fingerprint density at radius 1 is 1.43 bits per heavy atom. The average Bonchev–Trinajstić information content (AvgIpc) is 2.39. The third-order valence-electron chi connectivity index (χ3n) is 3.16. The van der Waals surface area contributed by atoms with Crippen molar-refractivity contribution in [1.82, 2.24) is 5.32 Å². The highest BCUT2D eigenvalue weighted by Gasteiger charge is 2.37. The van der Waals surface area contributed by atoms with Crippen molar-refractivity contribution in [3.63, 3.8) is 0 Å². The maximum absolute atomic E-state index is 6.25. The summed E-state index contributed by atoms with van der Waals surface area (Å²) in [5.74, 6) is 0. The summed E-state index contributed by atoms with van der Waals surface area (Å²) in [4.78, 5) is 0. The molecule has 1 aliphatic rings. The van der Waals surface area contributed by atoms with Gasteiger partial charge in [-0.25, -0.2) is 0 Å². The first kappa shape index (κ1) is 10.0. The van der Waals surface area contributed by atoms with Crippen molar-refractivity contribution in [2.24, 2.45) is 0 Å². The van der Waals surface area contributed by atoms with Crippen LogP contribution in [0.4, 0.5) is 0 Å². The van der Waals surface area contributed by atoms with Crippen molar-refractivity contribution < 1.29 is 0 Å². The van der Waals surface area contributed by atoms with Crippen LogP contribution in [-0.2, 0) is 5.41 Å². The number of benzene rings is 1. The van der Waals surface area contributed by atoms with Crippen LogP contribution in [0.1, 0.15) is 37.4 Å². The molecular formula is C12H16ClN. The second-order valence-corrected chi connectivity index (χ2v) is 5.04. The van der Waals surface area contributed by atoms with E-state index in [0.717, 1.165) is 11.4 Å². The Hall–Kier alpha value is -0.530. The minimum Gasteiger partial charge on any atom is -0.313 e. The summed E-state index contributed by atoms with van der Waals surface area (Å²) in [7, 11) is 2.01. The number of hydrogen-bond acceptors (Lipinski definition) is 1. The molecule has 1 atom stereocenters. The summed E-state index contributed by atoms with van der Waals surface area (Å²) in [6.07, 6.45) is 1.13. The number of nitrogens with one attached hydrogen (secondary N) is 1. The van der Waals surface area contributed by atoms with Gasteiger partial charge in [-0.05, 0) is 36.1 Å². The summed E-state index contributed by atoms with van der Waals surface area (Å²) in [6, 6.07) is 6.66. The van der Waals surface area contributed by atoms with Gasteiger partial charge in [0, 0.05) is 11.1 Å². The first-order valence-electron chi connectivity index (χ1n) is 5.02. The molecule has 14 heavy (non-hydrogen) atoms. The second-order valence-electron chi connectivity index (χ2n) is 4.63. The first-order valence-corrected chi connectivity index (χ1v) is 5.40. The lowest BCUT2D eigenvalue weighted by molar-refractivity contribution is 0.447. The fourth-order valence-corrected chi connectivity index (χ4v) is 2.96. The van der Waals surface area contributed by atoms with E-state index in [1.807, 2.05) is 19.2 Å². The molecule has 0 amide bonds. The van der Waals surface area contributed by atoms with Crippen molar-refractivity contribution in [1.29, 1.82) is 0 Å². The van der Waals surface area contributed by atoms with Crippen LogP contribution in [0.25, 0.3) is 0 Å². The fourth-order valence-electron chi connectivity index (χ4n) is 2.53. The van der Waals surface area contributed by atoms with Gasteiger partial charge in [0.2, 0.25) is 0 Å². The van der Waals surface area contributed by atoms with E-state index < -0.39 is 0 Å². The molecule has 0 radical (unpaired) electrons. The van der Waals surface area contributed by atoms with Gasteiger partial charge in [-0.2, -0.15) is 0 Å². The summed E-state index contributed by atoms with van der Waals surface area (Å²) in [5, 5.41) is 4.25. The Kier molecular flexibility index (Phi) is 2.32. The van der Waals surface area contributed by atoms with Crippen LogP contribution < -0.4 is 5.32 Å². The Morgan fingerprint density at radius 2 is 2.14 bits per heavy atom. The molecule has 1 N–H and O–H groups in total. The van der Waals surface area contributed by atoms with Gasteiger partial charge in [-0.1, -0.05) is 37.6 Å². The highest BCUT2D eigenvalue weighted by atomic mass is 35.5. The molecule has 0 aliphatic heterocycles. The van der Waals surface area contributed by atoms with Crippen molar-refractivity contribution in [3.8, 4) is 0 Å². The Morgan fingerprint density at radius 3 is 2.79 bits per heavy atom. The first-order chi connectivity index (χ1) is 6.56. The van der Waals surface area contributed by atoms with E-state index in [1.165, 1.54) is 11.1 Å². The molecule has 2 rings (SSSR count). The smallest absolute Gasteiger partial charge is 0.0446 e. The molecular weight excluding hydrogens is 194 g/mol. The van der Waals surface area contributed by atoms with E-state index >= 15 is 0 Å². The molecule has 0 spiro atoms. The summed E-state index contributed by atoms with van der Waals surface area (Å²) in [6.45, 7) is 4.52. The van der Waals surface area contributed by atoms with Crippen LogP contribution in [0.15, 0.2) is 18.2 Å². The number of halogens is 1. The van der Waals surface area contributed by atoms with Crippen molar-refractivity contribution in [2.45, 2.75) is 31.7 Å². The largest absolute Gasteiger partial charge is 0.313 e. The zero-order valence-corrected chi connectivity index (χ0v) is 9.65. The van der Waals surface area contributed by atoms with E-state index in [0.29, 0.717) is 6.04 Å². The monoisotopic (exact) mass is 209 g/mol. The molecule has 2 heteroatoms. The highest BCUT2D eigenvalue weighted by Crippen LogP contribution is 2.47. The van der Waals surface area contributed by atoms with Crippen LogP contribution in [0.2, 0.25) is 5.02 Å². The van der Waals surface area contributed by atoms with E-state index in [-0.39, 0.29) is 5.41 Å². The van der Waals surface area contributed by atoms with Crippen LogP contribution in [0.3, 0.4) is 0 Å². The third kappa shape index (κ3) is 1.35. The van der Waals surface area contributed by atoms with Crippen molar-refractivity contribution in [3.05, 3.63) is 34.3 Å². The molecule has 1 aromatic carbocycles. The van der Waals surface area contributed by atoms with E-state index in [1.54, 1.807) is 0 Å². The molecule has 1 nitrogen and oxygen atoms in total. The lowest BCUT2D eigenvalue weighted by atomic mass is 9.86. The predicted molar refractivity (Wildman–Crippen MR) is 60.9 cm³/mol. The van der Waals surface area contributed by atoms with E-state index in [9.17, 15) is 0 Å². The molecule has 0 saturated carbocycles. The second kappa shape index (κ2) is 3.25. The summed E-state index contributed by atoms with van der Waals surface area (Å²) in [5.41, 5.74) is 2.88. The van der Waals surface area contributed by atoms with Gasteiger partial charge >= 0.3 is 0 Å². The fraction of sp³-hybridized carbons (Fsp3) is 0.500. The molecule has 0 heterocycles. The van der Waals surface area contributed by atoms with Crippen molar-refractivity contribution in [2.75, 3.05) is 7.05 Å². The SMILES string of the molecule is CNC1CC(C)(C)c2c(Cl)cccc21. The molecule has 1 aliphatic carbocycles. The molecule has 0 bridgehead atoms. The molecule has 1 unspecified atom stereocenters. The molecule has 0 aromatic heterocycles. The van der Waals surface area contributed by atoms with Crippen LogP contribution in [0.5, 0.6) is 0 Å². The zero-order chi connectivity index (χ0) is 10.3. The number of fused-ring (bicyclic) bond motifs is 1. The normalized spacial score (nSPS) is 23.6. The predicted octanol–water partition coefficient (Wildman–Crippen LogP) is 3.28. The van der Waals surface area contributed by atoms with Crippen LogP contribution in [-0.4, -0.2) is 7.05 Å². The van der Waals surface area contributed by atoms with Gasteiger partial charge in [0.1, 0.15) is 0 Å². The van der Waals surface area contributed by atoms with Gasteiger partial charge in [0.05, 0.1) is 0 Å². The van der Waals surface area contributed by atoms with Gasteiger partial charge in [0.25, 0.3) is 0 Å². The van der Waals surface area contributed by atoms with E-state index in [2.05, 4.69) is 25.2 Å². The van der Waals surface area contributed by atoms with Crippen LogP contribution in [0, 0.1) is 0 Å². The number of rotatable bonds is 1. The molecule has 76 valence electrons. The van der Waals surface area contributed by atoms with Crippen molar-refractivity contribution >= 4 is 11.6 Å². The topological polar surface area (TPSA) is 12.0 Å².